The van der Waals surface area contributed by atoms with E-state index >= 15 is 0 Å². The van der Waals surface area contributed by atoms with Crippen molar-refractivity contribution in [3.8, 4) is 5.75 Å². The van der Waals surface area contributed by atoms with Gasteiger partial charge in [0.05, 0.1) is 6.61 Å². The van der Waals surface area contributed by atoms with Crippen LogP contribution < -0.4 is 4.74 Å². The maximum absolute atomic E-state index is 5.66. The Morgan fingerprint density at radius 1 is 0.947 bits per heavy atom. The summed E-state index contributed by atoms with van der Waals surface area (Å²) in [5.41, 5.74) is 1.37. The molecule has 0 radical (unpaired) electrons. The number of rotatable bonds is 7. The Balaban J connectivity index is 2.11. The highest BCUT2D eigenvalue weighted by Crippen LogP contribution is 2.22. The maximum atomic E-state index is 5.66. The number of methoxy groups -OCH3 is 1. The number of fused-ring (bicyclic) bond motifs is 1. The molecule has 0 amide bonds. The van der Waals surface area contributed by atoms with E-state index in [1.807, 2.05) is 0 Å². The highest BCUT2D eigenvalue weighted by Gasteiger charge is 2.00. The van der Waals surface area contributed by atoms with Gasteiger partial charge in [-0.1, -0.05) is 31.2 Å². The van der Waals surface area contributed by atoms with Gasteiger partial charge in [-0.15, -0.1) is 0 Å². The van der Waals surface area contributed by atoms with Gasteiger partial charge in [0.2, 0.25) is 0 Å². The molecule has 0 heterocycles. The zero-order valence-electron chi connectivity index (χ0n) is 11.8. The van der Waals surface area contributed by atoms with E-state index in [-0.39, 0.29) is 0 Å². The van der Waals surface area contributed by atoms with E-state index in [4.69, 9.17) is 9.47 Å². The molecular weight excluding hydrogens is 236 g/mol. The Morgan fingerprint density at radius 2 is 1.74 bits per heavy atom. The van der Waals surface area contributed by atoms with Crippen molar-refractivity contribution in [2.24, 2.45) is 0 Å². The number of hydrogen-bond donors (Lipinski definition) is 0. The number of aryl methyl sites for hydroxylation is 1. The van der Waals surface area contributed by atoms with Crippen molar-refractivity contribution in [3.05, 3.63) is 42.0 Å². The molecule has 0 unspecified atom stereocenters. The molecule has 2 aromatic carbocycles. The summed E-state index contributed by atoms with van der Waals surface area (Å²) in [5.74, 6) is 0.960. The van der Waals surface area contributed by atoms with Gasteiger partial charge in [-0.25, -0.2) is 0 Å². The summed E-state index contributed by atoms with van der Waals surface area (Å²) in [7, 11) is 1.75. The largest absolute Gasteiger partial charge is 0.494 e. The smallest absolute Gasteiger partial charge is 0.119 e. The average Bonchev–Trinajstić information content (AvgIpc) is 2.45. The fraction of sp³-hybridized carbons (Fsp3) is 0.412. The van der Waals surface area contributed by atoms with Gasteiger partial charge in [0.1, 0.15) is 5.75 Å². The third-order valence-electron chi connectivity index (χ3n) is 3.16. The topological polar surface area (TPSA) is 18.5 Å². The highest BCUT2D eigenvalue weighted by atomic mass is 16.5. The van der Waals surface area contributed by atoms with Crippen LogP contribution in [0.25, 0.3) is 10.8 Å². The molecule has 19 heavy (non-hydrogen) atoms. The van der Waals surface area contributed by atoms with Crippen LogP contribution in [0.4, 0.5) is 0 Å². The van der Waals surface area contributed by atoms with Gasteiger partial charge in [-0.2, -0.15) is 0 Å². The van der Waals surface area contributed by atoms with E-state index in [0.29, 0.717) is 0 Å². The zero-order valence-corrected chi connectivity index (χ0v) is 11.8. The molecule has 0 aliphatic heterocycles. The van der Waals surface area contributed by atoms with Gasteiger partial charge in [0.15, 0.2) is 0 Å². The van der Waals surface area contributed by atoms with Crippen molar-refractivity contribution < 1.29 is 9.47 Å². The summed E-state index contributed by atoms with van der Waals surface area (Å²) in [6.45, 7) is 3.72. The summed E-state index contributed by atoms with van der Waals surface area (Å²) in [6.07, 6.45) is 3.17. The first kappa shape index (κ1) is 13.9. The minimum Gasteiger partial charge on any atom is -0.494 e. The van der Waals surface area contributed by atoms with Gasteiger partial charge in [0, 0.05) is 13.7 Å². The van der Waals surface area contributed by atoms with E-state index in [1.54, 1.807) is 7.11 Å². The molecule has 0 N–H and O–H groups in total. The number of ether oxygens (including phenoxy) is 2. The van der Waals surface area contributed by atoms with Crippen LogP contribution in [0.15, 0.2) is 36.4 Å². The SMILES string of the molecule is CCCOc1ccc2cc(CCCOC)ccc2c1. The monoisotopic (exact) mass is 258 g/mol. The van der Waals surface area contributed by atoms with Gasteiger partial charge in [-0.3, -0.25) is 0 Å². The van der Waals surface area contributed by atoms with E-state index in [9.17, 15) is 0 Å². The van der Waals surface area contributed by atoms with E-state index in [1.165, 1.54) is 16.3 Å². The molecule has 2 rings (SSSR count). The fourth-order valence-corrected chi connectivity index (χ4v) is 2.16. The van der Waals surface area contributed by atoms with Crippen LogP contribution in [0.3, 0.4) is 0 Å². The molecule has 0 fully saturated rings. The normalized spacial score (nSPS) is 10.8. The molecular formula is C17H22O2. The predicted octanol–water partition coefficient (Wildman–Crippen LogP) is 4.21. The molecule has 0 aromatic heterocycles. The fourth-order valence-electron chi connectivity index (χ4n) is 2.16. The van der Waals surface area contributed by atoms with Crippen LogP contribution in [-0.2, 0) is 11.2 Å². The number of hydrogen-bond acceptors (Lipinski definition) is 2. The second-order valence-corrected chi connectivity index (χ2v) is 4.79. The van der Waals surface area contributed by atoms with Gasteiger partial charge in [-0.05, 0) is 47.7 Å². The standard InChI is InChI=1S/C17H22O2/c1-3-10-19-17-9-8-15-12-14(5-4-11-18-2)6-7-16(15)13-17/h6-9,12-13H,3-5,10-11H2,1-2H3. The molecule has 102 valence electrons. The molecule has 0 atom stereocenters. The molecule has 2 nitrogen and oxygen atoms in total. The first-order valence-corrected chi connectivity index (χ1v) is 6.98. The second-order valence-electron chi connectivity index (χ2n) is 4.79. The van der Waals surface area contributed by atoms with Gasteiger partial charge < -0.3 is 9.47 Å². The highest BCUT2D eigenvalue weighted by molar-refractivity contribution is 5.84. The molecule has 0 saturated heterocycles. The lowest BCUT2D eigenvalue weighted by molar-refractivity contribution is 0.195. The van der Waals surface area contributed by atoms with Crippen molar-refractivity contribution in [3.63, 3.8) is 0 Å². The summed E-state index contributed by atoms with van der Waals surface area (Å²) < 4.78 is 10.7. The van der Waals surface area contributed by atoms with E-state index < -0.39 is 0 Å². The first-order valence-electron chi connectivity index (χ1n) is 6.98. The van der Waals surface area contributed by atoms with Crippen LogP contribution in [0.2, 0.25) is 0 Å². The second kappa shape index (κ2) is 7.15. The van der Waals surface area contributed by atoms with E-state index in [2.05, 4.69) is 43.3 Å². The Labute approximate surface area is 115 Å². The predicted molar refractivity (Wildman–Crippen MR) is 79.9 cm³/mol. The maximum Gasteiger partial charge on any atom is 0.119 e. The lowest BCUT2D eigenvalue weighted by Gasteiger charge is -2.07. The number of benzene rings is 2. The Bertz CT molecular complexity index is 520. The van der Waals surface area contributed by atoms with Gasteiger partial charge in [0.25, 0.3) is 0 Å². The summed E-state index contributed by atoms with van der Waals surface area (Å²) in [5, 5.41) is 2.52. The first-order chi connectivity index (χ1) is 9.33. The van der Waals surface area contributed by atoms with Gasteiger partial charge >= 0.3 is 0 Å². The van der Waals surface area contributed by atoms with Crippen LogP contribution in [0.1, 0.15) is 25.3 Å². The zero-order chi connectivity index (χ0) is 13.5. The third kappa shape index (κ3) is 3.97. The quantitative estimate of drug-likeness (QED) is 0.693. The summed E-state index contributed by atoms with van der Waals surface area (Å²) in [4.78, 5) is 0. The van der Waals surface area contributed by atoms with Crippen molar-refractivity contribution in [1.29, 1.82) is 0 Å². The summed E-state index contributed by atoms with van der Waals surface area (Å²) >= 11 is 0. The van der Waals surface area contributed by atoms with Crippen LogP contribution in [0.5, 0.6) is 5.75 Å². The Kier molecular flexibility index (Phi) is 5.22. The van der Waals surface area contributed by atoms with Crippen molar-refractivity contribution in [1.82, 2.24) is 0 Å². The lowest BCUT2D eigenvalue weighted by Crippen LogP contribution is -1.95. The lowest BCUT2D eigenvalue weighted by atomic mass is 10.0. The van der Waals surface area contributed by atoms with Crippen LogP contribution in [-0.4, -0.2) is 20.3 Å². The Morgan fingerprint density at radius 3 is 2.53 bits per heavy atom. The Hall–Kier alpha value is -1.54. The van der Waals surface area contributed by atoms with Crippen LogP contribution in [0, 0.1) is 0 Å². The molecule has 0 spiro atoms. The molecule has 0 bridgehead atoms. The van der Waals surface area contributed by atoms with Crippen LogP contribution >= 0.6 is 0 Å². The van der Waals surface area contributed by atoms with Crippen molar-refractivity contribution in [2.75, 3.05) is 20.3 Å². The average molecular weight is 258 g/mol. The van der Waals surface area contributed by atoms with Crippen molar-refractivity contribution in [2.45, 2.75) is 26.2 Å². The summed E-state index contributed by atoms with van der Waals surface area (Å²) in [6, 6.07) is 12.9. The minimum absolute atomic E-state index is 0.778. The molecule has 2 aromatic rings. The minimum atomic E-state index is 0.778. The third-order valence-corrected chi connectivity index (χ3v) is 3.16. The van der Waals surface area contributed by atoms with Crippen molar-refractivity contribution >= 4 is 10.8 Å². The molecule has 0 aliphatic rings. The molecule has 0 aliphatic carbocycles. The molecule has 0 saturated carbocycles. The molecule has 2 heteroatoms. The van der Waals surface area contributed by atoms with E-state index in [0.717, 1.165) is 38.2 Å².